The van der Waals surface area contributed by atoms with Crippen LogP contribution < -0.4 is 4.74 Å². The molecule has 0 atom stereocenters. The number of allylic oxidation sites excluding steroid dienone is 1. The zero-order chi connectivity index (χ0) is 9.68. The molecule has 3 nitrogen and oxygen atoms in total. The molecule has 0 saturated carbocycles. The van der Waals surface area contributed by atoms with Gasteiger partial charge < -0.3 is 9.84 Å². The Balaban J connectivity index is 0.00000169. The van der Waals surface area contributed by atoms with Crippen molar-refractivity contribution < 1.29 is 14.6 Å². The first-order valence-electron chi connectivity index (χ1n) is 3.77. The molecule has 1 rings (SSSR count). The molecule has 0 heterocycles. The second-order valence-corrected chi connectivity index (χ2v) is 2.41. The maximum atomic E-state index is 11.2. The Hall–Kier alpha value is -0.770. The number of ether oxygens (including phenoxy) is 1. The van der Waals surface area contributed by atoms with E-state index in [9.17, 15) is 4.79 Å². The molecule has 1 aromatic carbocycles. The standard InChI is InChI=1S/C10H10O3.Na/c1-13-9-4-2-8(3-5-9)10(12)6-7-11;/h2-7,11H,1H3;/b7-6+;. The molecule has 0 fully saturated rings. The Kier molecular flexibility index (Phi) is 6.28. The molecule has 0 unspecified atom stereocenters. The molecule has 0 aliphatic carbocycles. The summed E-state index contributed by atoms with van der Waals surface area (Å²) in [6.45, 7) is 0. The van der Waals surface area contributed by atoms with Crippen LogP contribution in [0.15, 0.2) is 36.6 Å². The van der Waals surface area contributed by atoms with Gasteiger partial charge in [-0.1, -0.05) is 0 Å². The Morgan fingerprint density at radius 2 is 1.93 bits per heavy atom. The van der Waals surface area contributed by atoms with E-state index in [0.29, 0.717) is 11.3 Å². The molecule has 1 aromatic rings. The molecule has 0 aliphatic heterocycles. The van der Waals surface area contributed by atoms with Crippen molar-refractivity contribution in [3.05, 3.63) is 42.2 Å². The number of benzene rings is 1. The molecule has 0 aliphatic rings. The van der Waals surface area contributed by atoms with E-state index in [1.807, 2.05) is 0 Å². The van der Waals surface area contributed by atoms with Crippen molar-refractivity contribution in [1.82, 2.24) is 0 Å². The van der Waals surface area contributed by atoms with Crippen LogP contribution in [-0.2, 0) is 0 Å². The van der Waals surface area contributed by atoms with Crippen LogP contribution in [0.25, 0.3) is 0 Å². The van der Waals surface area contributed by atoms with E-state index in [1.165, 1.54) is 0 Å². The van der Waals surface area contributed by atoms with Gasteiger partial charge in [0.15, 0.2) is 5.78 Å². The van der Waals surface area contributed by atoms with Crippen LogP contribution in [0.1, 0.15) is 10.4 Å². The molecule has 1 radical (unpaired) electrons. The largest absolute Gasteiger partial charge is 0.515 e. The van der Waals surface area contributed by atoms with Gasteiger partial charge in [0.1, 0.15) is 5.75 Å². The minimum atomic E-state index is -0.231. The van der Waals surface area contributed by atoms with Crippen molar-refractivity contribution in [2.45, 2.75) is 0 Å². The van der Waals surface area contributed by atoms with E-state index >= 15 is 0 Å². The fraction of sp³-hybridized carbons (Fsp3) is 0.100. The van der Waals surface area contributed by atoms with Crippen LogP contribution in [0.4, 0.5) is 0 Å². The second-order valence-electron chi connectivity index (χ2n) is 2.41. The van der Waals surface area contributed by atoms with Gasteiger partial charge in [-0.05, 0) is 24.3 Å². The Morgan fingerprint density at radius 3 is 2.36 bits per heavy atom. The summed E-state index contributed by atoms with van der Waals surface area (Å²) >= 11 is 0. The molecule has 0 saturated heterocycles. The number of ketones is 1. The van der Waals surface area contributed by atoms with Gasteiger partial charge in [-0.2, -0.15) is 0 Å². The van der Waals surface area contributed by atoms with E-state index in [-0.39, 0.29) is 35.3 Å². The van der Waals surface area contributed by atoms with Crippen LogP contribution >= 0.6 is 0 Å². The average Bonchev–Trinajstić information content (AvgIpc) is 2.18. The number of carbonyl (C=O) groups excluding carboxylic acids is 1. The van der Waals surface area contributed by atoms with Gasteiger partial charge in [0.2, 0.25) is 0 Å². The van der Waals surface area contributed by atoms with E-state index in [2.05, 4.69) is 0 Å². The quantitative estimate of drug-likeness (QED) is 0.349. The van der Waals surface area contributed by atoms with Crippen LogP contribution in [0.3, 0.4) is 0 Å². The molecule has 1 N–H and O–H groups in total. The fourth-order valence-electron chi connectivity index (χ4n) is 0.919. The smallest absolute Gasteiger partial charge is 0.188 e. The Morgan fingerprint density at radius 1 is 1.36 bits per heavy atom. The predicted molar refractivity (Wildman–Crippen MR) is 54.8 cm³/mol. The average molecular weight is 201 g/mol. The molecule has 0 aromatic heterocycles. The molecule has 4 heteroatoms. The van der Waals surface area contributed by atoms with E-state index < -0.39 is 0 Å². The van der Waals surface area contributed by atoms with Gasteiger partial charge in [0.05, 0.1) is 13.4 Å². The summed E-state index contributed by atoms with van der Waals surface area (Å²) in [4.78, 5) is 11.2. The van der Waals surface area contributed by atoms with E-state index in [0.717, 1.165) is 12.3 Å². The maximum absolute atomic E-state index is 11.2. The molecular weight excluding hydrogens is 191 g/mol. The van der Waals surface area contributed by atoms with Crippen molar-refractivity contribution in [3.8, 4) is 5.75 Å². The topological polar surface area (TPSA) is 46.5 Å². The first-order chi connectivity index (χ1) is 6.27. The summed E-state index contributed by atoms with van der Waals surface area (Å²) in [6.07, 6.45) is 1.83. The zero-order valence-electron chi connectivity index (χ0n) is 8.23. The minimum Gasteiger partial charge on any atom is -0.515 e. The summed E-state index contributed by atoms with van der Waals surface area (Å²) in [5.41, 5.74) is 0.520. The number of aliphatic hydroxyl groups excluding tert-OH is 1. The van der Waals surface area contributed by atoms with Crippen molar-refractivity contribution in [2.24, 2.45) is 0 Å². The zero-order valence-corrected chi connectivity index (χ0v) is 10.2. The number of aliphatic hydroxyl groups is 1. The molecule has 14 heavy (non-hydrogen) atoms. The van der Waals surface area contributed by atoms with Crippen LogP contribution in [0.5, 0.6) is 5.75 Å². The maximum Gasteiger partial charge on any atom is 0.188 e. The van der Waals surface area contributed by atoms with Crippen LogP contribution in [-0.4, -0.2) is 47.6 Å². The Labute approximate surface area is 105 Å². The van der Waals surface area contributed by atoms with Gasteiger partial charge in [0.25, 0.3) is 0 Å². The van der Waals surface area contributed by atoms with Crippen molar-refractivity contribution >= 4 is 35.3 Å². The third-order valence-corrected chi connectivity index (χ3v) is 1.60. The van der Waals surface area contributed by atoms with Crippen molar-refractivity contribution in [3.63, 3.8) is 0 Å². The number of carbonyl (C=O) groups is 1. The van der Waals surface area contributed by atoms with Gasteiger partial charge in [-0.25, -0.2) is 0 Å². The monoisotopic (exact) mass is 201 g/mol. The minimum absolute atomic E-state index is 0. The molecule has 69 valence electrons. The normalized spacial score (nSPS) is 9.50. The number of rotatable bonds is 3. The molecular formula is C10H10NaO3. The summed E-state index contributed by atoms with van der Waals surface area (Å²) in [5.74, 6) is 0.467. The Bertz CT molecular complexity index is 317. The van der Waals surface area contributed by atoms with E-state index in [1.54, 1.807) is 31.4 Å². The second kappa shape index (κ2) is 6.65. The van der Waals surface area contributed by atoms with Crippen molar-refractivity contribution in [2.75, 3.05) is 7.11 Å². The summed E-state index contributed by atoms with van der Waals surface area (Å²) in [7, 11) is 1.56. The molecule has 0 spiro atoms. The van der Waals surface area contributed by atoms with Crippen molar-refractivity contribution in [1.29, 1.82) is 0 Å². The number of hydrogen-bond donors (Lipinski definition) is 1. The van der Waals surface area contributed by atoms with Gasteiger partial charge >= 0.3 is 0 Å². The first kappa shape index (κ1) is 13.2. The SMILES string of the molecule is COc1ccc(C(=O)/C=C/O)cc1.[Na]. The number of hydrogen-bond acceptors (Lipinski definition) is 3. The van der Waals surface area contributed by atoms with Gasteiger partial charge in [-0.3, -0.25) is 4.79 Å². The third kappa shape index (κ3) is 3.54. The number of methoxy groups -OCH3 is 1. The van der Waals surface area contributed by atoms with E-state index in [4.69, 9.17) is 9.84 Å². The first-order valence-corrected chi connectivity index (χ1v) is 3.77. The molecule has 0 bridgehead atoms. The third-order valence-electron chi connectivity index (χ3n) is 1.60. The van der Waals surface area contributed by atoms with Crippen LogP contribution in [0.2, 0.25) is 0 Å². The summed E-state index contributed by atoms with van der Waals surface area (Å²) < 4.78 is 4.93. The fourth-order valence-corrected chi connectivity index (χ4v) is 0.919. The summed E-state index contributed by atoms with van der Waals surface area (Å²) in [5, 5.41) is 8.37. The summed E-state index contributed by atoms with van der Waals surface area (Å²) in [6, 6.07) is 6.67. The van der Waals surface area contributed by atoms with Crippen LogP contribution in [0, 0.1) is 0 Å². The molecule has 0 amide bonds. The predicted octanol–water partition coefficient (Wildman–Crippen LogP) is 1.57. The van der Waals surface area contributed by atoms with Gasteiger partial charge in [0, 0.05) is 41.2 Å². The van der Waals surface area contributed by atoms with Gasteiger partial charge in [-0.15, -0.1) is 0 Å².